The summed E-state index contributed by atoms with van der Waals surface area (Å²) in [7, 11) is 3.06. The van der Waals surface area contributed by atoms with E-state index in [4.69, 9.17) is 21.1 Å². The van der Waals surface area contributed by atoms with Gasteiger partial charge in [-0.1, -0.05) is 29.4 Å². The number of hydrogen-bond acceptors (Lipinski definition) is 6. The number of nitrogens with one attached hydrogen (secondary N) is 1. The van der Waals surface area contributed by atoms with Gasteiger partial charge in [0.1, 0.15) is 11.5 Å². The Morgan fingerprint density at radius 3 is 2.77 bits per heavy atom. The van der Waals surface area contributed by atoms with Crippen molar-refractivity contribution < 1.29 is 14.3 Å². The number of hydrogen-bond donors (Lipinski definition) is 1. The molecule has 0 atom stereocenters. The van der Waals surface area contributed by atoms with Crippen LogP contribution in [0.2, 0.25) is 5.02 Å². The predicted octanol–water partition coefficient (Wildman–Crippen LogP) is 3.98. The van der Waals surface area contributed by atoms with Crippen molar-refractivity contribution in [2.75, 3.05) is 25.3 Å². The zero-order chi connectivity index (χ0) is 21.7. The summed E-state index contributed by atoms with van der Waals surface area (Å²) < 4.78 is 11.9. The number of fused-ring (bicyclic) bond motifs is 1. The number of carbonyl (C=O) groups is 1. The second-order valence-corrected chi connectivity index (χ2v) is 7.54. The highest BCUT2D eigenvalue weighted by Gasteiger charge is 2.14. The van der Waals surface area contributed by atoms with E-state index in [0.29, 0.717) is 38.3 Å². The maximum Gasteiger partial charge on any atom is 0.262 e. The van der Waals surface area contributed by atoms with Crippen LogP contribution in [0.25, 0.3) is 10.9 Å². The molecule has 3 aromatic rings. The summed E-state index contributed by atoms with van der Waals surface area (Å²) in [5, 5.41) is 4.09. The Balaban J connectivity index is 1.84. The summed E-state index contributed by atoms with van der Waals surface area (Å²) in [6.07, 6.45) is 1.60. The number of methoxy groups -OCH3 is 2. The molecule has 9 heteroatoms. The largest absolute Gasteiger partial charge is 0.497 e. The van der Waals surface area contributed by atoms with Gasteiger partial charge in [0.05, 0.1) is 36.6 Å². The van der Waals surface area contributed by atoms with Gasteiger partial charge in [0, 0.05) is 17.6 Å². The molecule has 0 aliphatic carbocycles. The molecule has 3 rings (SSSR count). The molecule has 156 valence electrons. The first kappa shape index (κ1) is 21.7. The fraction of sp³-hybridized carbons (Fsp3) is 0.190. The molecule has 1 heterocycles. The van der Waals surface area contributed by atoms with Gasteiger partial charge in [-0.05, 0) is 30.3 Å². The van der Waals surface area contributed by atoms with Gasteiger partial charge in [0.2, 0.25) is 5.91 Å². The number of thioether (sulfide) groups is 1. The van der Waals surface area contributed by atoms with Gasteiger partial charge < -0.3 is 14.8 Å². The lowest BCUT2D eigenvalue weighted by Crippen LogP contribution is -2.24. The Morgan fingerprint density at radius 2 is 2.07 bits per heavy atom. The third kappa shape index (κ3) is 4.77. The van der Waals surface area contributed by atoms with Gasteiger partial charge in [-0.3, -0.25) is 14.2 Å². The molecule has 0 saturated heterocycles. The van der Waals surface area contributed by atoms with Crippen molar-refractivity contribution in [3.05, 3.63) is 64.4 Å². The van der Waals surface area contributed by atoms with Crippen molar-refractivity contribution in [2.24, 2.45) is 0 Å². The number of ether oxygens (including phenoxy) is 2. The zero-order valence-electron chi connectivity index (χ0n) is 16.5. The van der Waals surface area contributed by atoms with Crippen molar-refractivity contribution in [2.45, 2.75) is 11.7 Å². The number of nitrogens with zero attached hydrogens (tertiary/aromatic N) is 2. The van der Waals surface area contributed by atoms with Gasteiger partial charge in [-0.2, -0.15) is 0 Å². The van der Waals surface area contributed by atoms with Gasteiger partial charge in [0.15, 0.2) is 5.16 Å². The first-order chi connectivity index (χ1) is 14.5. The quantitative estimate of drug-likeness (QED) is 0.321. The lowest BCUT2D eigenvalue weighted by molar-refractivity contribution is -0.113. The molecular weight excluding hydrogens is 426 g/mol. The summed E-state index contributed by atoms with van der Waals surface area (Å²) >= 11 is 7.17. The van der Waals surface area contributed by atoms with Gasteiger partial charge in [-0.25, -0.2) is 4.98 Å². The average Bonchev–Trinajstić information content (AvgIpc) is 2.75. The molecule has 0 unspecified atom stereocenters. The highest BCUT2D eigenvalue weighted by Crippen LogP contribution is 2.29. The maximum absolute atomic E-state index is 12.9. The molecule has 0 saturated carbocycles. The van der Waals surface area contributed by atoms with Gasteiger partial charge in [-0.15, -0.1) is 6.58 Å². The summed E-state index contributed by atoms with van der Waals surface area (Å²) in [5.74, 6) is 0.872. The van der Waals surface area contributed by atoms with Crippen LogP contribution in [-0.4, -0.2) is 35.4 Å². The number of amides is 1. The number of carbonyl (C=O) groups excluding carboxylic acids is 1. The number of anilines is 1. The Kier molecular flexibility index (Phi) is 7.02. The standard InChI is InChI=1S/C21H20ClN3O4S/c1-4-9-25-20(27)15-10-13(22)5-7-16(15)24-21(25)30-12-19(26)23-17-11-14(28-2)6-8-18(17)29-3/h4-8,10-11H,1,9,12H2,2-3H3,(H,23,26). The van der Waals surface area contributed by atoms with Crippen LogP contribution in [0, 0.1) is 0 Å². The Bertz CT molecular complexity index is 1160. The Labute approximate surface area is 182 Å². The van der Waals surface area contributed by atoms with Crippen LogP contribution in [0.4, 0.5) is 5.69 Å². The van der Waals surface area contributed by atoms with E-state index in [9.17, 15) is 9.59 Å². The minimum absolute atomic E-state index is 0.0447. The fourth-order valence-corrected chi connectivity index (χ4v) is 3.78. The molecule has 2 aromatic carbocycles. The maximum atomic E-state index is 12.9. The molecule has 30 heavy (non-hydrogen) atoms. The first-order valence-electron chi connectivity index (χ1n) is 8.92. The number of halogens is 1. The second kappa shape index (κ2) is 9.69. The zero-order valence-corrected chi connectivity index (χ0v) is 18.0. The van der Waals surface area contributed by atoms with Crippen LogP contribution >= 0.6 is 23.4 Å². The highest BCUT2D eigenvalue weighted by atomic mass is 35.5. The van der Waals surface area contributed by atoms with Gasteiger partial charge >= 0.3 is 0 Å². The first-order valence-corrected chi connectivity index (χ1v) is 10.3. The van der Waals surface area contributed by atoms with Crippen molar-refractivity contribution in [3.63, 3.8) is 0 Å². The molecule has 0 aliphatic heterocycles. The number of aromatic nitrogens is 2. The number of rotatable bonds is 8. The molecule has 0 radical (unpaired) electrons. The summed E-state index contributed by atoms with van der Waals surface area (Å²) in [4.78, 5) is 29.9. The molecule has 0 fully saturated rings. The highest BCUT2D eigenvalue weighted by molar-refractivity contribution is 7.99. The molecule has 0 aliphatic rings. The molecule has 1 N–H and O–H groups in total. The third-order valence-electron chi connectivity index (χ3n) is 4.21. The fourth-order valence-electron chi connectivity index (χ4n) is 2.80. The van der Waals surface area contributed by atoms with E-state index in [-0.39, 0.29) is 23.8 Å². The lowest BCUT2D eigenvalue weighted by Gasteiger charge is -2.13. The van der Waals surface area contributed by atoms with Crippen LogP contribution in [0.5, 0.6) is 11.5 Å². The van der Waals surface area contributed by atoms with Crippen LogP contribution in [-0.2, 0) is 11.3 Å². The number of benzene rings is 2. The van der Waals surface area contributed by atoms with E-state index >= 15 is 0 Å². The van der Waals surface area contributed by atoms with Crippen molar-refractivity contribution in [1.29, 1.82) is 0 Å². The Hall–Kier alpha value is -2.97. The van der Waals surface area contributed by atoms with E-state index < -0.39 is 0 Å². The van der Waals surface area contributed by atoms with E-state index in [2.05, 4.69) is 16.9 Å². The van der Waals surface area contributed by atoms with Gasteiger partial charge in [0.25, 0.3) is 5.56 Å². The summed E-state index contributed by atoms with van der Waals surface area (Å²) in [6, 6.07) is 10.1. The monoisotopic (exact) mass is 445 g/mol. The number of allylic oxidation sites excluding steroid dienone is 1. The van der Waals surface area contributed by atoms with Crippen molar-refractivity contribution in [1.82, 2.24) is 9.55 Å². The van der Waals surface area contributed by atoms with E-state index in [0.717, 1.165) is 11.8 Å². The molecule has 1 amide bonds. The second-order valence-electron chi connectivity index (χ2n) is 6.16. The van der Waals surface area contributed by atoms with Crippen LogP contribution in [0.3, 0.4) is 0 Å². The minimum Gasteiger partial charge on any atom is -0.497 e. The van der Waals surface area contributed by atoms with Crippen LogP contribution < -0.4 is 20.3 Å². The van der Waals surface area contributed by atoms with E-state index in [1.54, 1.807) is 49.6 Å². The SMILES string of the molecule is C=CCn1c(SCC(=O)Nc2cc(OC)ccc2OC)nc2ccc(Cl)cc2c1=O. The average molecular weight is 446 g/mol. The summed E-state index contributed by atoms with van der Waals surface area (Å²) in [5.41, 5.74) is 0.772. The summed E-state index contributed by atoms with van der Waals surface area (Å²) in [6.45, 7) is 3.96. The van der Waals surface area contributed by atoms with Crippen molar-refractivity contribution >= 4 is 45.9 Å². The van der Waals surface area contributed by atoms with E-state index in [1.165, 1.54) is 11.7 Å². The molecule has 0 spiro atoms. The Morgan fingerprint density at radius 1 is 1.27 bits per heavy atom. The minimum atomic E-state index is -0.276. The molecule has 0 bridgehead atoms. The predicted molar refractivity (Wildman–Crippen MR) is 120 cm³/mol. The lowest BCUT2D eigenvalue weighted by atomic mass is 10.2. The van der Waals surface area contributed by atoms with Crippen LogP contribution in [0.1, 0.15) is 0 Å². The molecule has 1 aromatic heterocycles. The third-order valence-corrected chi connectivity index (χ3v) is 5.42. The molecular formula is C21H20ClN3O4S. The van der Waals surface area contributed by atoms with E-state index in [1.807, 2.05) is 0 Å². The smallest absolute Gasteiger partial charge is 0.262 e. The molecule has 7 nitrogen and oxygen atoms in total. The van der Waals surface area contributed by atoms with Crippen LogP contribution in [0.15, 0.2) is 59.0 Å². The normalized spacial score (nSPS) is 10.6. The topological polar surface area (TPSA) is 82.5 Å². The van der Waals surface area contributed by atoms with Crippen molar-refractivity contribution in [3.8, 4) is 11.5 Å².